The average Bonchev–Trinajstić information content (AvgIpc) is 3.03. The molecule has 0 fully saturated rings. The summed E-state index contributed by atoms with van der Waals surface area (Å²) in [5.41, 5.74) is 8.17. The lowest BCUT2D eigenvalue weighted by Gasteiger charge is -2.07. The molecule has 0 spiro atoms. The number of nitrogen functional groups attached to an aromatic ring is 1. The fourth-order valence-electron chi connectivity index (χ4n) is 2.92. The fourth-order valence-corrected chi connectivity index (χ4v) is 3.62. The van der Waals surface area contributed by atoms with Crippen LogP contribution in [0.5, 0.6) is 5.75 Å². The maximum atomic E-state index is 12.1. The van der Waals surface area contributed by atoms with Crippen molar-refractivity contribution < 1.29 is 13.2 Å². The lowest BCUT2D eigenvalue weighted by molar-refractivity contribution is 0.414. The lowest BCUT2D eigenvalue weighted by atomic mass is 10.1. The first-order valence-corrected chi connectivity index (χ1v) is 10.7. The topological polar surface area (TPSA) is 113 Å². The third-order valence-electron chi connectivity index (χ3n) is 4.30. The van der Waals surface area contributed by atoms with E-state index in [4.69, 9.17) is 22.1 Å². The summed E-state index contributed by atoms with van der Waals surface area (Å²) in [5.74, 6) is 0.961. The van der Waals surface area contributed by atoms with E-state index in [9.17, 15) is 8.42 Å². The zero-order chi connectivity index (χ0) is 20.8. The first-order valence-electron chi connectivity index (χ1n) is 8.44. The third kappa shape index (κ3) is 3.50. The van der Waals surface area contributed by atoms with Crippen LogP contribution in [0.3, 0.4) is 0 Å². The van der Waals surface area contributed by atoms with Crippen molar-refractivity contribution in [2.45, 2.75) is 5.16 Å². The van der Waals surface area contributed by atoms with Gasteiger partial charge in [-0.25, -0.2) is 18.1 Å². The molecule has 0 atom stereocenters. The summed E-state index contributed by atoms with van der Waals surface area (Å²) in [6.07, 6.45) is 1.04. The number of rotatable bonds is 4. The molecule has 4 aromatic rings. The highest BCUT2D eigenvalue weighted by molar-refractivity contribution is 7.90. The van der Waals surface area contributed by atoms with Crippen LogP contribution in [-0.2, 0) is 9.84 Å². The summed E-state index contributed by atoms with van der Waals surface area (Å²) in [6, 6.07) is 14.0. The molecule has 0 saturated carbocycles. The van der Waals surface area contributed by atoms with Crippen LogP contribution in [0, 0.1) is 0 Å². The maximum Gasteiger partial charge on any atom is 0.249 e. The molecule has 0 bridgehead atoms. The largest absolute Gasteiger partial charge is 0.497 e. The van der Waals surface area contributed by atoms with E-state index in [-0.39, 0.29) is 16.6 Å². The number of hydrogen-bond donors (Lipinski definition) is 1. The second kappa shape index (κ2) is 7.02. The molecule has 0 aliphatic heterocycles. The van der Waals surface area contributed by atoms with Gasteiger partial charge >= 0.3 is 0 Å². The van der Waals surface area contributed by atoms with Gasteiger partial charge in [0.05, 0.1) is 23.9 Å². The average molecular weight is 430 g/mol. The molecule has 2 aromatic heterocycles. The van der Waals surface area contributed by atoms with Crippen LogP contribution < -0.4 is 10.5 Å². The van der Waals surface area contributed by atoms with Crippen molar-refractivity contribution in [3.63, 3.8) is 0 Å². The van der Waals surface area contributed by atoms with Gasteiger partial charge in [0, 0.05) is 16.8 Å². The number of anilines is 1. The van der Waals surface area contributed by atoms with Gasteiger partial charge in [-0.3, -0.25) is 0 Å². The van der Waals surface area contributed by atoms with Crippen molar-refractivity contribution in [3.05, 3.63) is 53.6 Å². The summed E-state index contributed by atoms with van der Waals surface area (Å²) < 4.78 is 30.9. The summed E-state index contributed by atoms with van der Waals surface area (Å²) in [4.78, 5) is 8.39. The van der Waals surface area contributed by atoms with Crippen LogP contribution >= 0.6 is 11.6 Å². The number of sulfone groups is 1. The van der Waals surface area contributed by atoms with E-state index < -0.39 is 9.84 Å². The summed E-state index contributed by atoms with van der Waals surface area (Å²) in [7, 11) is -2.10. The van der Waals surface area contributed by atoms with Crippen LogP contribution in [0.1, 0.15) is 0 Å². The number of methoxy groups -OCH3 is 1. The molecule has 0 unspecified atom stereocenters. The second-order valence-corrected chi connectivity index (χ2v) is 8.68. The number of ether oxygens (including phenoxy) is 1. The van der Waals surface area contributed by atoms with E-state index in [0.29, 0.717) is 33.1 Å². The third-order valence-corrected chi connectivity index (χ3v) is 5.38. The van der Waals surface area contributed by atoms with Crippen LogP contribution in [0.4, 0.5) is 5.82 Å². The Labute approximate surface area is 171 Å². The van der Waals surface area contributed by atoms with Gasteiger partial charge in [-0.05, 0) is 36.4 Å². The summed E-state index contributed by atoms with van der Waals surface area (Å²) >= 11 is 6.12. The highest BCUT2D eigenvalue weighted by atomic mass is 35.5. The van der Waals surface area contributed by atoms with Gasteiger partial charge in [-0.2, -0.15) is 4.98 Å². The van der Waals surface area contributed by atoms with Crippen molar-refractivity contribution in [2.75, 3.05) is 19.1 Å². The Bertz CT molecular complexity index is 1330. The normalized spacial score (nSPS) is 11.7. The number of halogens is 1. The Morgan fingerprint density at radius 3 is 2.45 bits per heavy atom. The van der Waals surface area contributed by atoms with Gasteiger partial charge in [0.25, 0.3) is 0 Å². The van der Waals surface area contributed by atoms with Crippen LogP contribution in [0.15, 0.2) is 53.7 Å². The maximum absolute atomic E-state index is 12.1. The summed E-state index contributed by atoms with van der Waals surface area (Å²) in [6.45, 7) is 0. The van der Waals surface area contributed by atoms with E-state index in [0.717, 1.165) is 6.26 Å². The van der Waals surface area contributed by atoms with Crippen molar-refractivity contribution >= 4 is 38.3 Å². The minimum atomic E-state index is -3.67. The second-order valence-electron chi connectivity index (χ2n) is 6.33. The lowest BCUT2D eigenvalue weighted by Crippen LogP contribution is -2.05. The first kappa shape index (κ1) is 19.2. The number of aromatic nitrogens is 4. The molecule has 4 rings (SSSR count). The molecular formula is C19H16ClN5O3S. The van der Waals surface area contributed by atoms with Crippen LogP contribution in [0.2, 0.25) is 5.02 Å². The molecule has 0 radical (unpaired) electrons. The fraction of sp³-hybridized carbons (Fsp3) is 0.105. The SMILES string of the molecule is COc1ccc(-n2nc3nc(S(C)(=O)=O)nc(-c4cccc(Cl)c4)c3c2N)cc1. The molecule has 2 N–H and O–H groups in total. The Morgan fingerprint density at radius 1 is 1.10 bits per heavy atom. The van der Waals surface area contributed by atoms with Gasteiger partial charge in [0.15, 0.2) is 5.65 Å². The van der Waals surface area contributed by atoms with Gasteiger partial charge < -0.3 is 10.5 Å². The summed E-state index contributed by atoms with van der Waals surface area (Å²) in [5, 5.41) is 5.01. The number of nitrogens with zero attached hydrogens (tertiary/aromatic N) is 4. The first-order chi connectivity index (χ1) is 13.8. The molecule has 2 heterocycles. The van der Waals surface area contributed by atoms with E-state index in [2.05, 4.69) is 15.1 Å². The van der Waals surface area contributed by atoms with E-state index in [1.165, 1.54) is 4.68 Å². The van der Waals surface area contributed by atoms with Gasteiger partial charge in [-0.15, -0.1) is 5.10 Å². The van der Waals surface area contributed by atoms with Gasteiger partial charge in [-0.1, -0.05) is 23.7 Å². The molecule has 0 amide bonds. The minimum absolute atomic E-state index is 0.170. The molecular weight excluding hydrogens is 414 g/mol. The van der Waals surface area contributed by atoms with Crippen molar-refractivity contribution in [1.29, 1.82) is 0 Å². The van der Waals surface area contributed by atoms with Crippen molar-refractivity contribution in [2.24, 2.45) is 0 Å². The molecule has 8 nitrogen and oxygen atoms in total. The Hall–Kier alpha value is -3.17. The zero-order valence-electron chi connectivity index (χ0n) is 15.5. The van der Waals surface area contributed by atoms with Gasteiger partial charge in [0.2, 0.25) is 15.0 Å². The predicted molar refractivity (Wildman–Crippen MR) is 111 cm³/mol. The molecule has 148 valence electrons. The van der Waals surface area contributed by atoms with Crippen LogP contribution in [-0.4, -0.2) is 41.5 Å². The molecule has 0 aliphatic carbocycles. The van der Waals surface area contributed by atoms with E-state index in [1.807, 2.05) is 0 Å². The smallest absolute Gasteiger partial charge is 0.249 e. The number of benzene rings is 2. The number of nitrogens with two attached hydrogens (primary N) is 1. The predicted octanol–water partition coefficient (Wildman–Crippen LogP) is 3.13. The highest BCUT2D eigenvalue weighted by Gasteiger charge is 2.22. The Morgan fingerprint density at radius 2 is 1.83 bits per heavy atom. The Kier molecular flexibility index (Phi) is 4.64. The molecule has 29 heavy (non-hydrogen) atoms. The number of hydrogen-bond acceptors (Lipinski definition) is 7. The Balaban J connectivity index is 2.03. The highest BCUT2D eigenvalue weighted by Crippen LogP contribution is 2.33. The zero-order valence-corrected chi connectivity index (χ0v) is 17.1. The van der Waals surface area contributed by atoms with Gasteiger partial charge in [0.1, 0.15) is 11.6 Å². The quantitative estimate of drug-likeness (QED) is 0.496. The minimum Gasteiger partial charge on any atom is -0.497 e. The molecule has 2 aromatic carbocycles. The van der Waals surface area contributed by atoms with Crippen molar-refractivity contribution in [1.82, 2.24) is 19.7 Å². The molecule has 10 heteroatoms. The van der Waals surface area contributed by atoms with E-state index in [1.54, 1.807) is 55.6 Å². The molecule has 0 saturated heterocycles. The monoisotopic (exact) mass is 429 g/mol. The van der Waals surface area contributed by atoms with Crippen LogP contribution in [0.25, 0.3) is 28.0 Å². The number of fused-ring (bicyclic) bond motifs is 1. The molecule has 0 aliphatic rings. The van der Waals surface area contributed by atoms with Crippen molar-refractivity contribution in [3.8, 4) is 22.7 Å². The standard InChI is InChI=1S/C19H16ClN5O3S/c1-28-14-8-6-13(7-9-14)25-17(21)15-16(11-4-3-5-12(20)10-11)22-19(29(2,26)27)23-18(15)24-25/h3-10H,21H2,1-2H3. The van der Waals surface area contributed by atoms with E-state index >= 15 is 0 Å².